The third-order valence-electron chi connectivity index (χ3n) is 1.42. The summed E-state index contributed by atoms with van der Waals surface area (Å²) in [5.74, 6) is 0. The van der Waals surface area contributed by atoms with Crippen LogP contribution in [0, 0.1) is 0 Å². The van der Waals surface area contributed by atoms with Crippen LogP contribution in [0.5, 0.6) is 0 Å². The van der Waals surface area contributed by atoms with Crippen LogP contribution in [0.3, 0.4) is 0 Å². The lowest BCUT2D eigenvalue weighted by molar-refractivity contribution is -0.671. The average Bonchev–Trinajstić information content (AvgIpc) is 2.37. The van der Waals surface area contributed by atoms with Crippen molar-refractivity contribution < 1.29 is 17.0 Å². The summed E-state index contributed by atoms with van der Waals surface area (Å²) in [5.41, 5.74) is 0. The highest BCUT2D eigenvalue weighted by Crippen LogP contribution is 1.78. The summed E-state index contributed by atoms with van der Waals surface area (Å²) in [5, 5.41) is 6.22. The Hall–Kier alpha value is -0.580. The first-order valence-corrected chi connectivity index (χ1v) is 3.69. The second-order valence-electron chi connectivity index (χ2n) is 2.53. The number of nitrogens with zero attached hydrogens (tertiary/aromatic N) is 2. The molecule has 0 aromatic carbocycles. The van der Waals surface area contributed by atoms with Crippen LogP contribution in [0.4, 0.5) is 0 Å². The number of aryl methyl sites for hydroxylation is 1. The zero-order valence-electron chi connectivity index (χ0n) is 7.42. The monoisotopic (exact) mass is 190 g/mol. The molecule has 0 bridgehead atoms. The van der Waals surface area contributed by atoms with Gasteiger partial charge in [-0.15, -0.1) is 0 Å². The van der Waals surface area contributed by atoms with Crippen molar-refractivity contribution in [1.82, 2.24) is 15.2 Å². The molecule has 70 valence electrons. The number of rotatable bonds is 4. The van der Waals surface area contributed by atoms with Crippen LogP contribution >= 0.6 is 0 Å². The molecule has 0 saturated carbocycles. The molecule has 0 unspecified atom stereocenters. The van der Waals surface area contributed by atoms with Gasteiger partial charge in [-0.25, -0.2) is 9.13 Å². The van der Waals surface area contributed by atoms with Crippen molar-refractivity contribution in [3.63, 3.8) is 0 Å². The Bertz CT molecular complexity index is 211. The van der Waals surface area contributed by atoms with E-state index in [1.807, 2.05) is 37.4 Å². The number of hydrogen-bond donors (Lipinski definition) is 2. The summed E-state index contributed by atoms with van der Waals surface area (Å²) in [6, 6.07) is 0. The van der Waals surface area contributed by atoms with Gasteiger partial charge in [0.05, 0.1) is 7.05 Å². The Kier molecular flexibility index (Phi) is 5.70. The van der Waals surface area contributed by atoms with Crippen molar-refractivity contribution in [2.24, 2.45) is 7.05 Å². The second-order valence-corrected chi connectivity index (χ2v) is 2.53. The normalized spacial score (nSPS) is 9.50. The highest BCUT2D eigenvalue weighted by Gasteiger charge is 1.96. The number of imidazole rings is 1. The molecule has 1 aromatic rings. The first kappa shape index (κ1) is 11.4. The SMILES string of the molecule is CNCNCn1cc[n+](C)c1.[Cl-]. The van der Waals surface area contributed by atoms with Gasteiger partial charge in [0.2, 0.25) is 6.33 Å². The molecule has 0 amide bonds. The lowest BCUT2D eigenvalue weighted by atomic mass is 10.8. The molecule has 1 aromatic heterocycles. The summed E-state index contributed by atoms with van der Waals surface area (Å²) >= 11 is 0. The van der Waals surface area contributed by atoms with Crippen LogP contribution in [0.25, 0.3) is 0 Å². The molecular weight excluding hydrogens is 176 g/mol. The Balaban J connectivity index is 0.00000121. The molecule has 5 heteroatoms. The van der Waals surface area contributed by atoms with Crippen LogP contribution in [-0.2, 0) is 13.7 Å². The first-order chi connectivity index (χ1) is 5.33. The van der Waals surface area contributed by atoms with Gasteiger partial charge in [0.15, 0.2) is 0 Å². The molecule has 0 atom stereocenters. The summed E-state index contributed by atoms with van der Waals surface area (Å²) in [6.07, 6.45) is 6.08. The highest BCUT2D eigenvalue weighted by atomic mass is 35.5. The average molecular weight is 191 g/mol. The number of nitrogens with one attached hydrogen (secondary N) is 2. The van der Waals surface area contributed by atoms with E-state index < -0.39 is 0 Å². The molecule has 0 radical (unpaired) electrons. The van der Waals surface area contributed by atoms with E-state index in [1.54, 1.807) is 0 Å². The van der Waals surface area contributed by atoms with Crippen molar-refractivity contribution in [2.45, 2.75) is 6.67 Å². The molecule has 2 N–H and O–H groups in total. The summed E-state index contributed by atoms with van der Waals surface area (Å²) in [7, 11) is 3.93. The highest BCUT2D eigenvalue weighted by molar-refractivity contribution is 4.64. The minimum Gasteiger partial charge on any atom is -1.00 e. The maximum atomic E-state index is 3.20. The molecule has 0 spiro atoms. The van der Waals surface area contributed by atoms with E-state index in [4.69, 9.17) is 0 Å². The molecule has 0 fully saturated rings. The first-order valence-electron chi connectivity index (χ1n) is 3.69. The maximum absolute atomic E-state index is 3.20. The van der Waals surface area contributed by atoms with Crippen molar-refractivity contribution in [2.75, 3.05) is 13.7 Å². The van der Waals surface area contributed by atoms with Crippen molar-refractivity contribution in [3.05, 3.63) is 18.7 Å². The largest absolute Gasteiger partial charge is 1.00 e. The van der Waals surface area contributed by atoms with Gasteiger partial charge >= 0.3 is 0 Å². The van der Waals surface area contributed by atoms with Gasteiger partial charge in [-0.3, -0.25) is 5.32 Å². The van der Waals surface area contributed by atoms with E-state index in [0.29, 0.717) is 0 Å². The van der Waals surface area contributed by atoms with Crippen molar-refractivity contribution >= 4 is 0 Å². The number of hydrogen-bond acceptors (Lipinski definition) is 2. The number of halogens is 1. The molecule has 4 nitrogen and oxygen atoms in total. The Morgan fingerprint density at radius 2 is 2.25 bits per heavy atom. The van der Waals surface area contributed by atoms with Gasteiger partial charge < -0.3 is 17.7 Å². The number of aromatic nitrogens is 2. The van der Waals surface area contributed by atoms with Crippen LogP contribution in [0.1, 0.15) is 0 Å². The summed E-state index contributed by atoms with van der Waals surface area (Å²) in [6.45, 7) is 1.68. The van der Waals surface area contributed by atoms with Crippen LogP contribution in [0.2, 0.25) is 0 Å². The van der Waals surface area contributed by atoms with Gasteiger partial charge in [0.1, 0.15) is 19.1 Å². The molecule has 12 heavy (non-hydrogen) atoms. The standard InChI is InChI=1S/C7H15N4.ClH/c1-8-5-9-6-11-4-3-10(2)7-11;/h3-4,7-9H,5-6H2,1-2H3;1H/q+1;/p-1. The third-order valence-corrected chi connectivity index (χ3v) is 1.42. The van der Waals surface area contributed by atoms with Gasteiger partial charge in [0.25, 0.3) is 0 Å². The molecule has 0 saturated heterocycles. The predicted octanol–water partition coefficient (Wildman–Crippen LogP) is -3.96. The fourth-order valence-electron chi connectivity index (χ4n) is 0.905. The molecule has 0 aliphatic heterocycles. The van der Waals surface area contributed by atoms with Gasteiger partial charge in [-0.05, 0) is 7.05 Å². The summed E-state index contributed by atoms with van der Waals surface area (Å²) in [4.78, 5) is 0. The quantitative estimate of drug-likeness (QED) is 0.289. The third kappa shape index (κ3) is 3.71. The second kappa shape index (κ2) is 5.99. The smallest absolute Gasteiger partial charge is 0.244 e. The topological polar surface area (TPSA) is 32.9 Å². The van der Waals surface area contributed by atoms with Crippen LogP contribution < -0.4 is 27.6 Å². The van der Waals surface area contributed by atoms with E-state index in [9.17, 15) is 0 Å². The van der Waals surface area contributed by atoms with Gasteiger partial charge in [-0.2, -0.15) is 0 Å². The Morgan fingerprint density at radius 3 is 2.75 bits per heavy atom. The van der Waals surface area contributed by atoms with E-state index >= 15 is 0 Å². The minimum absolute atomic E-state index is 0. The maximum Gasteiger partial charge on any atom is 0.244 e. The lowest BCUT2D eigenvalue weighted by Gasteiger charge is -1.98. The molecule has 0 aliphatic rings. The van der Waals surface area contributed by atoms with E-state index in [-0.39, 0.29) is 12.4 Å². The van der Waals surface area contributed by atoms with Gasteiger partial charge in [-0.1, -0.05) is 0 Å². The fraction of sp³-hybridized carbons (Fsp3) is 0.571. The van der Waals surface area contributed by atoms with Crippen LogP contribution in [0.15, 0.2) is 18.7 Å². The minimum atomic E-state index is 0. The molecular formula is C7H15ClN4. The Labute approximate surface area is 79.0 Å². The van der Waals surface area contributed by atoms with Crippen LogP contribution in [-0.4, -0.2) is 18.3 Å². The zero-order valence-corrected chi connectivity index (χ0v) is 8.17. The lowest BCUT2D eigenvalue weighted by Crippen LogP contribution is -3.00. The molecule has 1 heterocycles. The van der Waals surface area contributed by atoms with Gasteiger partial charge in [0, 0.05) is 6.67 Å². The predicted molar refractivity (Wildman–Crippen MR) is 42.7 cm³/mol. The molecule has 1 rings (SSSR count). The van der Waals surface area contributed by atoms with Crippen molar-refractivity contribution in [1.29, 1.82) is 0 Å². The molecule has 0 aliphatic carbocycles. The summed E-state index contributed by atoms with van der Waals surface area (Å²) < 4.78 is 4.10. The van der Waals surface area contributed by atoms with E-state index in [1.165, 1.54) is 0 Å². The Morgan fingerprint density at radius 1 is 1.50 bits per heavy atom. The van der Waals surface area contributed by atoms with E-state index in [2.05, 4.69) is 15.2 Å². The fourth-order valence-corrected chi connectivity index (χ4v) is 0.905. The zero-order chi connectivity index (χ0) is 8.10. The van der Waals surface area contributed by atoms with E-state index in [0.717, 1.165) is 13.3 Å². The van der Waals surface area contributed by atoms with Crippen molar-refractivity contribution in [3.8, 4) is 0 Å².